The first-order chi connectivity index (χ1) is 10.9. The van der Waals surface area contributed by atoms with E-state index in [0.29, 0.717) is 13.2 Å². The highest BCUT2D eigenvalue weighted by molar-refractivity contribution is 5.98. The lowest BCUT2D eigenvalue weighted by molar-refractivity contribution is 0.132. The second-order valence-corrected chi connectivity index (χ2v) is 4.87. The first-order valence-corrected chi connectivity index (χ1v) is 7.30. The van der Waals surface area contributed by atoms with E-state index in [2.05, 4.69) is 16.2 Å². The van der Waals surface area contributed by atoms with Gasteiger partial charge in [0.25, 0.3) is 0 Å². The number of aromatic nitrogens is 1. The van der Waals surface area contributed by atoms with Gasteiger partial charge in [0.15, 0.2) is 0 Å². The molecule has 1 heterocycles. The molecule has 1 N–H and O–H groups in total. The molecule has 0 aliphatic heterocycles. The molecule has 1 aromatic heterocycles. The molecule has 2 aromatic carbocycles. The molecule has 0 radical (unpaired) electrons. The molecule has 0 atom stereocenters. The fourth-order valence-electron chi connectivity index (χ4n) is 2.26. The maximum absolute atomic E-state index is 5.40. The molecule has 4 nitrogen and oxygen atoms in total. The average molecular weight is 294 g/mol. The number of hydrogen-bond acceptors (Lipinski definition) is 3. The third kappa shape index (κ3) is 3.28. The van der Waals surface area contributed by atoms with Gasteiger partial charge in [-0.15, -0.1) is 0 Å². The number of ether oxygens (including phenoxy) is 1. The number of rotatable bonds is 6. The van der Waals surface area contributed by atoms with Gasteiger partial charge in [-0.3, -0.25) is 0 Å². The number of H-pyrrole nitrogens is 1. The number of benzene rings is 2. The normalized spacial score (nSPS) is 11.1. The lowest BCUT2D eigenvalue weighted by atomic mass is 10.2. The summed E-state index contributed by atoms with van der Waals surface area (Å²) in [6.07, 6.45) is 3.65. The summed E-state index contributed by atoms with van der Waals surface area (Å²) in [4.78, 5) is 8.56. The molecule has 0 aliphatic rings. The second kappa shape index (κ2) is 6.80. The number of hydrogen-bond donors (Lipinski definition) is 1. The van der Waals surface area contributed by atoms with Gasteiger partial charge in [-0.1, -0.05) is 35.5 Å². The van der Waals surface area contributed by atoms with Crippen molar-refractivity contribution in [3.8, 4) is 5.75 Å². The maximum Gasteiger partial charge on any atom is 0.142 e. The summed E-state index contributed by atoms with van der Waals surface area (Å²) in [5.74, 6) is 0.869. The van der Waals surface area contributed by atoms with Gasteiger partial charge in [0.1, 0.15) is 12.4 Å². The molecular formula is C18H18N2O2. The maximum atomic E-state index is 5.40. The molecule has 4 heteroatoms. The summed E-state index contributed by atoms with van der Waals surface area (Å²) < 4.78 is 5.40. The zero-order chi connectivity index (χ0) is 15.2. The van der Waals surface area contributed by atoms with Crippen molar-refractivity contribution in [3.63, 3.8) is 0 Å². The predicted octanol–water partition coefficient (Wildman–Crippen LogP) is 4.12. The number of aromatic amines is 1. The summed E-state index contributed by atoms with van der Waals surface area (Å²) >= 11 is 0. The summed E-state index contributed by atoms with van der Waals surface area (Å²) in [5, 5.41) is 5.18. The van der Waals surface area contributed by atoms with Gasteiger partial charge < -0.3 is 14.6 Å². The minimum atomic E-state index is 0.436. The lowest BCUT2D eigenvalue weighted by Crippen LogP contribution is -1.92. The molecule has 0 spiro atoms. The molecule has 0 saturated carbocycles. The third-order valence-corrected chi connectivity index (χ3v) is 3.35. The Kier molecular flexibility index (Phi) is 4.39. The van der Waals surface area contributed by atoms with Crippen LogP contribution in [0.4, 0.5) is 0 Å². The van der Waals surface area contributed by atoms with E-state index in [9.17, 15) is 0 Å². The van der Waals surface area contributed by atoms with Crippen LogP contribution in [0.25, 0.3) is 10.9 Å². The van der Waals surface area contributed by atoms with Crippen LogP contribution in [-0.2, 0) is 11.4 Å². The molecule has 0 amide bonds. The Morgan fingerprint density at radius 3 is 2.73 bits per heavy atom. The van der Waals surface area contributed by atoms with E-state index in [-0.39, 0.29) is 0 Å². The molecule has 0 aliphatic carbocycles. The van der Waals surface area contributed by atoms with Crippen molar-refractivity contribution in [1.82, 2.24) is 4.98 Å². The lowest BCUT2D eigenvalue weighted by Gasteiger charge is -2.04. The van der Waals surface area contributed by atoms with E-state index >= 15 is 0 Å². The van der Waals surface area contributed by atoms with Crippen LogP contribution < -0.4 is 4.74 Å². The first kappa shape index (κ1) is 14.2. The van der Waals surface area contributed by atoms with Crippen LogP contribution in [0.5, 0.6) is 5.75 Å². The summed E-state index contributed by atoms with van der Waals surface area (Å²) in [6, 6.07) is 15.9. The SMILES string of the molecule is CCOc1ccc(CO/N=C/c2c[nH]c3ccccc23)cc1. The van der Waals surface area contributed by atoms with E-state index in [0.717, 1.165) is 27.8 Å². The van der Waals surface area contributed by atoms with Crippen LogP contribution in [0.1, 0.15) is 18.1 Å². The Morgan fingerprint density at radius 1 is 1.09 bits per heavy atom. The van der Waals surface area contributed by atoms with Gasteiger partial charge in [0.05, 0.1) is 12.8 Å². The van der Waals surface area contributed by atoms with Crippen molar-refractivity contribution in [2.24, 2.45) is 5.16 Å². The highest BCUT2D eigenvalue weighted by Crippen LogP contribution is 2.16. The fraction of sp³-hybridized carbons (Fsp3) is 0.167. The van der Waals surface area contributed by atoms with E-state index < -0.39 is 0 Å². The minimum absolute atomic E-state index is 0.436. The van der Waals surface area contributed by atoms with Crippen molar-refractivity contribution in [1.29, 1.82) is 0 Å². The number of nitrogens with zero attached hydrogens (tertiary/aromatic N) is 1. The van der Waals surface area contributed by atoms with E-state index in [1.54, 1.807) is 6.21 Å². The van der Waals surface area contributed by atoms with Crippen LogP contribution in [-0.4, -0.2) is 17.8 Å². The van der Waals surface area contributed by atoms with Crippen molar-refractivity contribution in [3.05, 3.63) is 65.9 Å². The van der Waals surface area contributed by atoms with Crippen molar-refractivity contribution < 1.29 is 9.57 Å². The monoisotopic (exact) mass is 294 g/mol. The summed E-state index contributed by atoms with van der Waals surface area (Å²) in [5.41, 5.74) is 3.16. The third-order valence-electron chi connectivity index (χ3n) is 3.35. The molecule has 0 saturated heterocycles. The van der Waals surface area contributed by atoms with Crippen LogP contribution >= 0.6 is 0 Å². The van der Waals surface area contributed by atoms with Crippen molar-refractivity contribution in [2.45, 2.75) is 13.5 Å². The van der Waals surface area contributed by atoms with Crippen LogP contribution in [0, 0.1) is 0 Å². The molecule has 3 rings (SSSR count). The molecule has 0 bridgehead atoms. The molecule has 0 fully saturated rings. The standard InChI is InChI=1S/C18H18N2O2/c1-2-21-16-9-7-14(8-10-16)13-22-20-12-15-11-19-18-6-4-3-5-17(15)18/h3-12,19H,2,13H2,1H3/b20-12+. The van der Waals surface area contributed by atoms with Crippen LogP contribution in [0.2, 0.25) is 0 Å². The molecular weight excluding hydrogens is 276 g/mol. The number of fused-ring (bicyclic) bond motifs is 1. The van der Waals surface area contributed by atoms with Gasteiger partial charge >= 0.3 is 0 Å². The largest absolute Gasteiger partial charge is 0.494 e. The van der Waals surface area contributed by atoms with Gasteiger partial charge in [0.2, 0.25) is 0 Å². The molecule has 22 heavy (non-hydrogen) atoms. The number of para-hydroxylation sites is 1. The van der Waals surface area contributed by atoms with E-state index in [4.69, 9.17) is 9.57 Å². The minimum Gasteiger partial charge on any atom is -0.494 e. The summed E-state index contributed by atoms with van der Waals surface area (Å²) in [6.45, 7) is 3.08. The van der Waals surface area contributed by atoms with Gasteiger partial charge in [-0.2, -0.15) is 0 Å². The topological polar surface area (TPSA) is 46.6 Å². The van der Waals surface area contributed by atoms with Crippen LogP contribution in [0.15, 0.2) is 59.9 Å². The summed E-state index contributed by atoms with van der Waals surface area (Å²) in [7, 11) is 0. The first-order valence-electron chi connectivity index (χ1n) is 7.30. The smallest absolute Gasteiger partial charge is 0.142 e. The predicted molar refractivity (Wildman–Crippen MR) is 88.3 cm³/mol. The second-order valence-electron chi connectivity index (χ2n) is 4.87. The average Bonchev–Trinajstić information content (AvgIpc) is 2.97. The van der Waals surface area contributed by atoms with Crippen molar-refractivity contribution >= 4 is 17.1 Å². The molecule has 112 valence electrons. The van der Waals surface area contributed by atoms with Crippen molar-refractivity contribution in [2.75, 3.05) is 6.61 Å². The number of nitrogens with one attached hydrogen (secondary N) is 1. The molecule has 0 unspecified atom stereocenters. The number of oxime groups is 1. The van der Waals surface area contributed by atoms with Gasteiger partial charge in [-0.05, 0) is 30.7 Å². The van der Waals surface area contributed by atoms with E-state index in [1.165, 1.54) is 0 Å². The van der Waals surface area contributed by atoms with E-state index in [1.807, 2.05) is 55.6 Å². The van der Waals surface area contributed by atoms with Gasteiger partial charge in [0, 0.05) is 22.7 Å². The highest BCUT2D eigenvalue weighted by Gasteiger charge is 2.00. The Morgan fingerprint density at radius 2 is 1.91 bits per heavy atom. The Bertz CT molecular complexity index is 760. The zero-order valence-electron chi connectivity index (χ0n) is 12.5. The van der Waals surface area contributed by atoms with Crippen LogP contribution in [0.3, 0.4) is 0 Å². The fourth-order valence-corrected chi connectivity index (χ4v) is 2.26. The molecule has 3 aromatic rings. The highest BCUT2D eigenvalue weighted by atomic mass is 16.6. The zero-order valence-corrected chi connectivity index (χ0v) is 12.5. The quantitative estimate of drug-likeness (QED) is 0.549. The Hall–Kier alpha value is -2.75. The Labute approximate surface area is 129 Å². The Balaban J connectivity index is 1.58. The van der Waals surface area contributed by atoms with Gasteiger partial charge in [-0.25, -0.2) is 0 Å².